The molecule has 0 saturated heterocycles. The molecule has 0 fully saturated rings. The molecule has 0 atom stereocenters. The number of carbonyl (C=O) groups excluding carboxylic acids is 1. The van der Waals surface area contributed by atoms with Gasteiger partial charge in [0.2, 0.25) is 0 Å². The van der Waals surface area contributed by atoms with Gasteiger partial charge < -0.3 is 5.32 Å². The van der Waals surface area contributed by atoms with Gasteiger partial charge in [-0.3, -0.25) is 10.4 Å². The second-order valence-corrected chi connectivity index (χ2v) is 5.28. The molecule has 118 valence electrons. The number of rotatable bonds is 5. The summed E-state index contributed by atoms with van der Waals surface area (Å²) in [6.07, 6.45) is 5.32. The Morgan fingerprint density at radius 3 is 3.09 bits per heavy atom. The van der Waals surface area contributed by atoms with Crippen LogP contribution in [-0.4, -0.2) is 43.0 Å². The molecule has 22 heavy (non-hydrogen) atoms. The van der Waals surface area contributed by atoms with Crippen molar-refractivity contribution in [3.05, 3.63) is 17.0 Å². The second-order valence-electron chi connectivity index (χ2n) is 5.28. The second kappa shape index (κ2) is 6.54. The lowest BCUT2D eigenvalue weighted by Crippen LogP contribution is -2.31. The Balaban J connectivity index is 1.49. The van der Waals surface area contributed by atoms with E-state index in [9.17, 15) is 4.79 Å². The molecular weight excluding hydrogens is 284 g/mol. The zero-order valence-corrected chi connectivity index (χ0v) is 12.6. The minimum Gasteiger partial charge on any atom is -0.337 e. The Bertz CT molecular complexity index is 646. The molecule has 2 heterocycles. The van der Waals surface area contributed by atoms with Crippen molar-refractivity contribution in [2.24, 2.45) is 0 Å². The Labute approximate surface area is 127 Å². The summed E-state index contributed by atoms with van der Waals surface area (Å²) in [5, 5.41) is 23.9. The quantitative estimate of drug-likeness (QED) is 0.751. The standard InChI is InChI=1S/C13H20N8O/c1-2-21-12(18-19-20-21)15-13(22)14-8-7-11-9-5-3-4-6-10(9)16-17-11/h2-8H2,1H3,(H,16,17)(H2,14,15,18,20,22). The highest BCUT2D eigenvalue weighted by Crippen LogP contribution is 2.22. The predicted octanol–water partition coefficient (Wildman–Crippen LogP) is 0.659. The molecule has 1 aliphatic carbocycles. The first kappa shape index (κ1) is 14.5. The molecule has 0 spiro atoms. The highest BCUT2D eigenvalue weighted by Gasteiger charge is 2.16. The number of anilines is 1. The van der Waals surface area contributed by atoms with Crippen LogP contribution in [0.25, 0.3) is 0 Å². The number of amides is 2. The van der Waals surface area contributed by atoms with Gasteiger partial charge in [0.05, 0.1) is 5.69 Å². The van der Waals surface area contributed by atoms with Gasteiger partial charge in [-0.15, -0.1) is 0 Å². The molecule has 2 aromatic rings. The molecule has 2 aromatic heterocycles. The molecule has 2 amide bonds. The van der Waals surface area contributed by atoms with E-state index in [2.05, 4.69) is 36.4 Å². The van der Waals surface area contributed by atoms with E-state index >= 15 is 0 Å². The molecule has 1 aliphatic rings. The molecule has 0 aromatic carbocycles. The normalized spacial score (nSPS) is 13.7. The number of fused-ring (bicyclic) bond motifs is 1. The highest BCUT2D eigenvalue weighted by molar-refractivity contribution is 5.87. The summed E-state index contributed by atoms with van der Waals surface area (Å²) in [4.78, 5) is 11.8. The van der Waals surface area contributed by atoms with Crippen molar-refractivity contribution in [1.29, 1.82) is 0 Å². The van der Waals surface area contributed by atoms with Crippen LogP contribution in [0.1, 0.15) is 36.7 Å². The number of aromatic nitrogens is 6. The minimum absolute atomic E-state index is 0.311. The van der Waals surface area contributed by atoms with Crippen molar-refractivity contribution in [2.75, 3.05) is 11.9 Å². The molecular formula is C13H20N8O. The molecule has 3 rings (SSSR count). The maximum absolute atomic E-state index is 11.8. The Hall–Kier alpha value is -2.45. The van der Waals surface area contributed by atoms with Crippen molar-refractivity contribution < 1.29 is 4.79 Å². The number of hydrogen-bond acceptors (Lipinski definition) is 5. The van der Waals surface area contributed by atoms with E-state index in [1.165, 1.54) is 28.8 Å². The van der Waals surface area contributed by atoms with E-state index in [0.717, 1.165) is 25.0 Å². The summed E-state index contributed by atoms with van der Waals surface area (Å²) in [7, 11) is 0. The monoisotopic (exact) mass is 304 g/mol. The van der Waals surface area contributed by atoms with E-state index in [4.69, 9.17) is 0 Å². The minimum atomic E-state index is -0.311. The van der Waals surface area contributed by atoms with E-state index in [1.807, 2.05) is 6.92 Å². The zero-order chi connectivity index (χ0) is 15.4. The number of carbonyl (C=O) groups is 1. The first-order valence-electron chi connectivity index (χ1n) is 7.64. The van der Waals surface area contributed by atoms with Gasteiger partial charge in [0.15, 0.2) is 0 Å². The third-order valence-corrected chi connectivity index (χ3v) is 3.85. The number of aromatic amines is 1. The van der Waals surface area contributed by atoms with Crippen LogP contribution < -0.4 is 10.6 Å². The summed E-state index contributed by atoms with van der Waals surface area (Å²) < 4.78 is 1.52. The van der Waals surface area contributed by atoms with Gasteiger partial charge in [0.25, 0.3) is 5.95 Å². The van der Waals surface area contributed by atoms with Crippen molar-refractivity contribution in [3.8, 4) is 0 Å². The molecule has 9 heteroatoms. The van der Waals surface area contributed by atoms with Crippen LogP contribution in [-0.2, 0) is 25.8 Å². The van der Waals surface area contributed by atoms with Gasteiger partial charge in [-0.1, -0.05) is 5.10 Å². The largest absolute Gasteiger partial charge is 0.337 e. The van der Waals surface area contributed by atoms with Gasteiger partial charge in [-0.2, -0.15) is 5.10 Å². The van der Waals surface area contributed by atoms with E-state index in [-0.39, 0.29) is 6.03 Å². The fraction of sp³-hybridized carbons (Fsp3) is 0.615. The molecule has 0 bridgehead atoms. The first-order chi connectivity index (χ1) is 10.8. The summed E-state index contributed by atoms with van der Waals surface area (Å²) >= 11 is 0. The van der Waals surface area contributed by atoms with Crippen LogP contribution in [0.2, 0.25) is 0 Å². The van der Waals surface area contributed by atoms with Crippen LogP contribution in [0.4, 0.5) is 10.7 Å². The van der Waals surface area contributed by atoms with Crippen molar-refractivity contribution >= 4 is 12.0 Å². The van der Waals surface area contributed by atoms with Crippen LogP contribution in [0.15, 0.2) is 0 Å². The average Bonchev–Trinajstić information content (AvgIpc) is 3.14. The first-order valence-corrected chi connectivity index (χ1v) is 7.64. The Kier molecular flexibility index (Phi) is 4.31. The van der Waals surface area contributed by atoms with Gasteiger partial charge >= 0.3 is 6.03 Å². The summed E-state index contributed by atoms with van der Waals surface area (Å²) in [5.41, 5.74) is 3.66. The van der Waals surface area contributed by atoms with Crippen molar-refractivity contribution in [2.45, 2.75) is 45.6 Å². The smallest absolute Gasteiger partial charge is 0.321 e. The lowest BCUT2D eigenvalue weighted by molar-refractivity contribution is 0.252. The lowest BCUT2D eigenvalue weighted by Gasteiger charge is -2.11. The number of aryl methyl sites for hydroxylation is 2. The van der Waals surface area contributed by atoms with Gasteiger partial charge in [0, 0.05) is 25.2 Å². The van der Waals surface area contributed by atoms with Gasteiger partial charge in [0.1, 0.15) is 0 Å². The van der Waals surface area contributed by atoms with Crippen molar-refractivity contribution in [3.63, 3.8) is 0 Å². The van der Waals surface area contributed by atoms with E-state index in [1.54, 1.807) is 0 Å². The average molecular weight is 304 g/mol. The fourth-order valence-corrected chi connectivity index (χ4v) is 2.70. The van der Waals surface area contributed by atoms with E-state index < -0.39 is 0 Å². The van der Waals surface area contributed by atoms with Crippen LogP contribution in [0.5, 0.6) is 0 Å². The summed E-state index contributed by atoms with van der Waals surface area (Å²) in [6.45, 7) is 3.03. The lowest BCUT2D eigenvalue weighted by atomic mass is 9.95. The van der Waals surface area contributed by atoms with Crippen LogP contribution >= 0.6 is 0 Å². The molecule has 0 unspecified atom stereocenters. The fourth-order valence-electron chi connectivity index (χ4n) is 2.70. The number of H-pyrrole nitrogens is 1. The zero-order valence-electron chi connectivity index (χ0n) is 12.6. The van der Waals surface area contributed by atoms with Gasteiger partial charge in [-0.25, -0.2) is 9.48 Å². The summed E-state index contributed by atoms with van der Waals surface area (Å²) in [6, 6.07) is -0.311. The molecule has 0 aliphatic heterocycles. The number of nitrogens with one attached hydrogen (secondary N) is 3. The summed E-state index contributed by atoms with van der Waals surface area (Å²) in [5.74, 6) is 0.345. The molecule has 9 nitrogen and oxygen atoms in total. The van der Waals surface area contributed by atoms with Crippen LogP contribution in [0.3, 0.4) is 0 Å². The Morgan fingerprint density at radius 1 is 1.36 bits per heavy atom. The van der Waals surface area contributed by atoms with Crippen molar-refractivity contribution in [1.82, 2.24) is 35.7 Å². The highest BCUT2D eigenvalue weighted by atomic mass is 16.2. The maximum atomic E-state index is 11.8. The van der Waals surface area contributed by atoms with Crippen LogP contribution in [0, 0.1) is 0 Å². The van der Waals surface area contributed by atoms with E-state index in [0.29, 0.717) is 19.0 Å². The molecule has 0 saturated carbocycles. The molecule has 0 radical (unpaired) electrons. The molecule has 3 N–H and O–H groups in total. The number of tetrazole rings is 1. The number of hydrogen-bond donors (Lipinski definition) is 3. The Morgan fingerprint density at radius 2 is 2.23 bits per heavy atom. The third-order valence-electron chi connectivity index (χ3n) is 3.85. The number of urea groups is 1. The van der Waals surface area contributed by atoms with Gasteiger partial charge in [-0.05, 0) is 48.6 Å². The SMILES string of the molecule is CCn1nnnc1NC(=O)NCCc1n[nH]c2c1CCCC2. The predicted molar refractivity (Wildman–Crippen MR) is 79.4 cm³/mol. The number of nitrogens with zero attached hydrogens (tertiary/aromatic N) is 5. The third kappa shape index (κ3) is 3.07. The maximum Gasteiger partial charge on any atom is 0.321 e. The topological polar surface area (TPSA) is 113 Å².